The van der Waals surface area contributed by atoms with Gasteiger partial charge >= 0.3 is 12.1 Å². The lowest BCUT2D eigenvalue weighted by atomic mass is 9.80. The number of hydrogen-bond donors (Lipinski definition) is 2. The van der Waals surface area contributed by atoms with E-state index in [4.69, 9.17) is 0 Å². The molecule has 0 heterocycles. The maximum Gasteiger partial charge on any atom is 0.457 e. The number of carbonyl (C=O) groups is 1. The fourth-order valence-electron chi connectivity index (χ4n) is 1.68. The average molecular weight is 299 g/mol. The Bertz CT molecular complexity index is 491. The number of aliphatic hydroxyl groups is 1. The topological polar surface area (TPSA) is 88.0 Å². The summed E-state index contributed by atoms with van der Waals surface area (Å²) in [6.45, 7) is 0. The molecule has 0 amide bonds. The zero-order chi connectivity index (χ0) is 15.8. The van der Waals surface area contributed by atoms with Gasteiger partial charge in [-0.1, -0.05) is 30.3 Å². The first-order valence-corrected chi connectivity index (χ1v) is 5.22. The largest absolute Gasteiger partial charge is 0.544 e. The molecule has 0 saturated heterocycles. The first-order valence-electron chi connectivity index (χ1n) is 5.22. The van der Waals surface area contributed by atoms with Crippen molar-refractivity contribution in [3.63, 3.8) is 0 Å². The lowest BCUT2D eigenvalue weighted by molar-refractivity contribution is -0.496. The van der Waals surface area contributed by atoms with Crippen LogP contribution in [0.2, 0.25) is 0 Å². The van der Waals surface area contributed by atoms with Crippen LogP contribution in [-0.2, 0) is 10.4 Å². The van der Waals surface area contributed by atoms with Gasteiger partial charge in [0.1, 0.15) is 5.97 Å². The molecule has 1 rings (SSSR count). The van der Waals surface area contributed by atoms with E-state index < -0.39 is 35.3 Å². The van der Waals surface area contributed by atoms with E-state index >= 15 is 0 Å². The van der Waals surface area contributed by atoms with Crippen LogP contribution >= 0.6 is 0 Å². The lowest BCUT2D eigenvalue weighted by Gasteiger charge is -2.39. The van der Waals surface area contributed by atoms with E-state index in [1.807, 2.05) is 0 Å². The fourth-order valence-corrected chi connectivity index (χ4v) is 1.68. The molecule has 4 N–H and O–H groups in total. The van der Waals surface area contributed by atoms with Gasteiger partial charge in [0.25, 0.3) is 0 Å². The molecule has 9 heteroatoms. The molecule has 20 heavy (non-hydrogen) atoms. The summed E-state index contributed by atoms with van der Waals surface area (Å²) in [4.78, 5) is 10.7. The number of rotatable bonds is 4. The number of halogens is 5. The van der Waals surface area contributed by atoms with Crippen molar-refractivity contribution in [2.45, 2.75) is 23.7 Å². The molecule has 0 spiro atoms. The normalized spacial score (nSPS) is 17.4. The number of carbonyl (C=O) groups excluding carboxylic acids is 1. The number of hydrogen-bond acceptors (Lipinski definition) is 3. The number of carboxylic acid groups (broad SMARTS) is 1. The number of quaternary nitrogens is 1. The van der Waals surface area contributed by atoms with Crippen LogP contribution in [0.3, 0.4) is 0 Å². The molecule has 0 aliphatic carbocycles. The summed E-state index contributed by atoms with van der Waals surface area (Å²) in [5.41, 5.74) is -2.33. The second kappa shape index (κ2) is 4.98. The minimum absolute atomic E-state index is 0.751. The van der Waals surface area contributed by atoms with Crippen LogP contribution in [0.15, 0.2) is 30.3 Å². The predicted octanol–water partition coefficient (Wildman–Crippen LogP) is -0.568. The summed E-state index contributed by atoms with van der Waals surface area (Å²) in [6.07, 6.45) is -6.16. The second-order valence-electron chi connectivity index (χ2n) is 4.08. The van der Waals surface area contributed by atoms with E-state index in [9.17, 15) is 37.0 Å². The smallest absolute Gasteiger partial charge is 0.457 e. The summed E-state index contributed by atoms with van der Waals surface area (Å²) in [7, 11) is 0. The van der Waals surface area contributed by atoms with Crippen LogP contribution in [0.4, 0.5) is 22.0 Å². The highest BCUT2D eigenvalue weighted by Crippen LogP contribution is 2.49. The molecule has 1 aromatic rings. The molecule has 2 atom stereocenters. The predicted molar refractivity (Wildman–Crippen MR) is 53.0 cm³/mol. The van der Waals surface area contributed by atoms with Gasteiger partial charge in [0.2, 0.25) is 5.60 Å². The number of alkyl halides is 5. The highest BCUT2D eigenvalue weighted by atomic mass is 19.4. The third-order valence-electron chi connectivity index (χ3n) is 2.84. The highest BCUT2D eigenvalue weighted by Gasteiger charge is 2.74. The number of benzene rings is 1. The van der Waals surface area contributed by atoms with E-state index in [2.05, 4.69) is 5.73 Å². The van der Waals surface area contributed by atoms with Crippen LogP contribution < -0.4 is 10.8 Å². The van der Waals surface area contributed by atoms with E-state index in [0.717, 1.165) is 24.3 Å². The highest BCUT2D eigenvalue weighted by molar-refractivity contribution is 5.72. The molecule has 112 valence electrons. The Labute approximate surface area is 109 Å². The molecular weight excluding hydrogens is 289 g/mol. The van der Waals surface area contributed by atoms with Crippen molar-refractivity contribution in [3.05, 3.63) is 35.9 Å². The SMILES string of the molecule is [NH3+][C@@H](C(=O)[O-])[C@@](O)(c1ccccc1)C(F)(F)C(F)(F)F. The maximum atomic E-state index is 13.6. The molecule has 1 aromatic carbocycles. The first kappa shape index (κ1) is 16.3. The lowest BCUT2D eigenvalue weighted by Crippen LogP contribution is -2.81. The maximum absolute atomic E-state index is 13.6. The molecule has 0 unspecified atom stereocenters. The van der Waals surface area contributed by atoms with Crippen LogP contribution in [0, 0.1) is 0 Å². The first-order chi connectivity index (χ1) is 8.96. The summed E-state index contributed by atoms with van der Waals surface area (Å²) >= 11 is 0. The standard InChI is InChI=1S/C11H10F5NO3/c12-10(13,11(14,15)16)9(20,7(17)8(18)19)6-4-2-1-3-5-6/h1-5,7,20H,17H2,(H,18,19)/t7-,9-/m0/s1. The van der Waals surface area contributed by atoms with Gasteiger partial charge in [-0.3, -0.25) is 0 Å². The van der Waals surface area contributed by atoms with Crippen molar-refractivity contribution < 1.29 is 42.7 Å². The van der Waals surface area contributed by atoms with E-state index in [1.54, 1.807) is 0 Å². The Morgan fingerprint density at radius 3 is 1.95 bits per heavy atom. The van der Waals surface area contributed by atoms with Crippen LogP contribution in [0.5, 0.6) is 0 Å². The van der Waals surface area contributed by atoms with Crippen LogP contribution in [0.25, 0.3) is 0 Å². The minimum atomic E-state index is -6.16. The van der Waals surface area contributed by atoms with E-state index in [0.29, 0.717) is 0 Å². The molecule has 0 aliphatic rings. The van der Waals surface area contributed by atoms with Crippen molar-refractivity contribution in [1.29, 1.82) is 0 Å². The molecule has 0 aliphatic heterocycles. The molecule has 0 aromatic heterocycles. The van der Waals surface area contributed by atoms with Crippen molar-refractivity contribution in [2.24, 2.45) is 0 Å². The summed E-state index contributed by atoms with van der Waals surface area (Å²) in [5, 5.41) is 20.5. The van der Waals surface area contributed by atoms with Gasteiger partial charge in [0, 0.05) is 0 Å². The van der Waals surface area contributed by atoms with Gasteiger partial charge in [-0.25, -0.2) is 0 Å². The number of carboxylic acids is 1. The summed E-state index contributed by atoms with van der Waals surface area (Å²) < 4.78 is 64.6. The average Bonchev–Trinajstić information content (AvgIpc) is 2.36. The van der Waals surface area contributed by atoms with Crippen molar-refractivity contribution >= 4 is 5.97 Å². The van der Waals surface area contributed by atoms with Crippen LogP contribution in [0.1, 0.15) is 5.56 Å². The fraction of sp³-hybridized carbons (Fsp3) is 0.364. The van der Waals surface area contributed by atoms with Crippen molar-refractivity contribution in [1.82, 2.24) is 0 Å². The van der Waals surface area contributed by atoms with Gasteiger partial charge in [-0.2, -0.15) is 22.0 Å². The molecular formula is C11H10F5NO3. The Balaban J connectivity index is 3.56. The van der Waals surface area contributed by atoms with Crippen molar-refractivity contribution in [3.8, 4) is 0 Å². The summed E-state index contributed by atoms with van der Waals surface area (Å²) in [6, 6.07) is 2.22. The molecule has 0 fully saturated rings. The Kier molecular flexibility index (Phi) is 4.07. The molecule has 0 radical (unpaired) electrons. The molecule has 0 bridgehead atoms. The third-order valence-corrected chi connectivity index (χ3v) is 2.84. The van der Waals surface area contributed by atoms with Crippen molar-refractivity contribution in [2.75, 3.05) is 0 Å². The van der Waals surface area contributed by atoms with Gasteiger partial charge in [0.05, 0.1) is 0 Å². The van der Waals surface area contributed by atoms with Crippen LogP contribution in [-0.4, -0.2) is 29.2 Å². The zero-order valence-corrected chi connectivity index (χ0v) is 9.82. The minimum Gasteiger partial charge on any atom is -0.544 e. The van der Waals surface area contributed by atoms with E-state index in [1.165, 1.54) is 6.07 Å². The Hall–Kier alpha value is -1.74. The van der Waals surface area contributed by atoms with Gasteiger partial charge < -0.3 is 20.7 Å². The molecule has 4 nitrogen and oxygen atoms in total. The quantitative estimate of drug-likeness (QED) is 0.730. The Morgan fingerprint density at radius 2 is 1.60 bits per heavy atom. The summed E-state index contributed by atoms with van der Waals surface area (Å²) in [5.74, 6) is -8.06. The third kappa shape index (κ3) is 2.34. The zero-order valence-electron chi connectivity index (χ0n) is 9.82. The van der Waals surface area contributed by atoms with Gasteiger partial charge in [0.15, 0.2) is 6.04 Å². The van der Waals surface area contributed by atoms with Gasteiger partial charge in [-0.15, -0.1) is 0 Å². The second-order valence-corrected chi connectivity index (χ2v) is 4.08. The monoisotopic (exact) mass is 299 g/mol. The Morgan fingerprint density at radius 1 is 1.15 bits per heavy atom. The van der Waals surface area contributed by atoms with E-state index in [-0.39, 0.29) is 0 Å². The van der Waals surface area contributed by atoms with Gasteiger partial charge in [-0.05, 0) is 5.56 Å². The number of aliphatic carboxylic acids is 1. The molecule has 0 saturated carbocycles.